The van der Waals surface area contributed by atoms with Gasteiger partial charge >= 0.3 is 5.69 Å². The molecule has 0 spiro atoms. The van der Waals surface area contributed by atoms with E-state index in [0.717, 1.165) is 24.2 Å². The Kier molecular flexibility index (Phi) is 5.36. The van der Waals surface area contributed by atoms with Crippen LogP contribution in [0, 0.1) is 10.1 Å². The van der Waals surface area contributed by atoms with Gasteiger partial charge in [-0.15, -0.1) is 0 Å². The molecule has 1 fully saturated rings. The Hall–Kier alpha value is -3.09. The lowest BCUT2D eigenvalue weighted by Gasteiger charge is -2.25. The summed E-state index contributed by atoms with van der Waals surface area (Å²) < 4.78 is 10.6. The van der Waals surface area contributed by atoms with Gasteiger partial charge in [0.2, 0.25) is 0 Å². The standard InChI is InChI=1S/C19H20N2O5/c1-25-15-10-8-14(9-11-15)16-6-4-12-20(16)19(22)13-26-18-7-3-2-5-17(18)21(23)24/h2-3,5,7-11,16H,4,6,12-13H2,1H3. The first-order chi connectivity index (χ1) is 12.6. The van der Waals surface area contributed by atoms with Crippen LogP contribution in [0.25, 0.3) is 0 Å². The summed E-state index contributed by atoms with van der Waals surface area (Å²) in [6, 6.07) is 13.7. The summed E-state index contributed by atoms with van der Waals surface area (Å²) in [6.07, 6.45) is 1.79. The Bertz CT molecular complexity index is 791. The van der Waals surface area contributed by atoms with E-state index < -0.39 is 4.92 Å². The predicted octanol–water partition coefficient (Wildman–Crippen LogP) is 3.35. The molecule has 7 heteroatoms. The van der Waals surface area contributed by atoms with Gasteiger partial charge in [0, 0.05) is 12.6 Å². The molecule has 0 aromatic heterocycles. The first-order valence-corrected chi connectivity index (χ1v) is 8.40. The maximum atomic E-state index is 12.6. The van der Waals surface area contributed by atoms with Crippen molar-refractivity contribution in [1.82, 2.24) is 4.90 Å². The number of nitrogens with zero attached hydrogens (tertiary/aromatic N) is 2. The fourth-order valence-corrected chi connectivity index (χ4v) is 3.19. The van der Waals surface area contributed by atoms with Crippen LogP contribution in [0.2, 0.25) is 0 Å². The molecule has 0 saturated carbocycles. The second-order valence-corrected chi connectivity index (χ2v) is 6.03. The van der Waals surface area contributed by atoms with Gasteiger partial charge in [0.1, 0.15) is 5.75 Å². The molecule has 26 heavy (non-hydrogen) atoms. The monoisotopic (exact) mass is 356 g/mol. The van der Waals surface area contributed by atoms with E-state index in [9.17, 15) is 14.9 Å². The molecule has 0 aliphatic carbocycles. The fourth-order valence-electron chi connectivity index (χ4n) is 3.19. The molecular formula is C19H20N2O5. The van der Waals surface area contributed by atoms with Gasteiger partial charge in [0.05, 0.1) is 18.1 Å². The van der Waals surface area contributed by atoms with Crippen molar-refractivity contribution in [2.45, 2.75) is 18.9 Å². The van der Waals surface area contributed by atoms with Crippen molar-refractivity contribution in [3.63, 3.8) is 0 Å². The van der Waals surface area contributed by atoms with E-state index in [1.54, 1.807) is 24.1 Å². The summed E-state index contributed by atoms with van der Waals surface area (Å²) in [5.74, 6) is 0.692. The zero-order chi connectivity index (χ0) is 18.5. The van der Waals surface area contributed by atoms with Crippen LogP contribution >= 0.6 is 0 Å². The van der Waals surface area contributed by atoms with E-state index in [-0.39, 0.29) is 30.0 Å². The van der Waals surface area contributed by atoms with Crippen LogP contribution in [0.3, 0.4) is 0 Å². The van der Waals surface area contributed by atoms with E-state index in [0.29, 0.717) is 6.54 Å². The molecule has 1 aliphatic rings. The van der Waals surface area contributed by atoms with Crippen molar-refractivity contribution < 1.29 is 19.2 Å². The van der Waals surface area contributed by atoms with Crippen LogP contribution < -0.4 is 9.47 Å². The van der Waals surface area contributed by atoms with Crippen LogP contribution in [0.5, 0.6) is 11.5 Å². The SMILES string of the molecule is COc1ccc(C2CCCN2C(=O)COc2ccccc2[N+](=O)[O-])cc1. The molecule has 0 bridgehead atoms. The number of methoxy groups -OCH3 is 1. The fraction of sp³-hybridized carbons (Fsp3) is 0.316. The molecule has 7 nitrogen and oxygen atoms in total. The molecule has 0 radical (unpaired) electrons. The van der Waals surface area contributed by atoms with Crippen molar-refractivity contribution in [3.8, 4) is 11.5 Å². The zero-order valence-electron chi connectivity index (χ0n) is 14.5. The Morgan fingerprint density at radius 1 is 1.23 bits per heavy atom. The maximum absolute atomic E-state index is 12.6. The number of hydrogen-bond donors (Lipinski definition) is 0. The number of hydrogen-bond acceptors (Lipinski definition) is 5. The third kappa shape index (κ3) is 3.77. The van der Waals surface area contributed by atoms with E-state index in [2.05, 4.69) is 0 Å². The lowest BCUT2D eigenvalue weighted by molar-refractivity contribution is -0.385. The number of para-hydroxylation sites is 2. The highest BCUT2D eigenvalue weighted by molar-refractivity contribution is 5.78. The summed E-state index contributed by atoms with van der Waals surface area (Å²) in [7, 11) is 1.61. The van der Waals surface area contributed by atoms with Gasteiger partial charge in [-0.3, -0.25) is 14.9 Å². The number of nitro benzene ring substituents is 1. The van der Waals surface area contributed by atoms with Crippen molar-refractivity contribution >= 4 is 11.6 Å². The number of nitro groups is 1. The summed E-state index contributed by atoms with van der Waals surface area (Å²) in [6.45, 7) is 0.424. The smallest absolute Gasteiger partial charge is 0.310 e. The van der Waals surface area contributed by atoms with E-state index in [1.807, 2.05) is 24.3 Å². The number of rotatable bonds is 6. The van der Waals surface area contributed by atoms with Gasteiger partial charge in [-0.1, -0.05) is 24.3 Å². The molecule has 136 valence electrons. The van der Waals surface area contributed by atoms with Gasteiger partial charge in [0.15, 0.2) is 12.4 Å². The van der Waals surface area contributed by atoms with Crippen LogP contribution in [0.1, 0.15) is 24.4 Å². The first kappa shape index (κ1) is 17.7. The molecule has 1 amide bonds. The molecule has 3 rings (SSSR count). The molecule has 1 saturated heterocycles. The van der Waals surface area contributed by atoms with Crippen LogP contribution in [-0.4, -0.2) is 36.0 Å². The number of amides is 1. The maximum Gasteiger partial charge on any atom is 0.310 e. The van der Waals surface area contributed by atoms with Gasteiger partial charge in [-0.05, 0) is 36.6 Å². The van der Waals surface area contributed by atoms with Crippen LogP contribution in [0.4, 0.5) is 5.69 Å². The quantitative estimate of drug-likeness (QED) is 0.586. The van der Waals surface area contributed by atoms with E-state index in [1.165, 1.54) is 12.1 Å². The molecule has 0 N–H and O–H groups in total. The minimum atomic E-state index is -0.518. The number of carbonyl (C=O) groups is 1. The topological polar surface area (TPSA) is 81.9 Å². The Labute approximate surface area is 151 Å². The average Bonchev–Trinajstić information content (AvgIpc) is 3.16. The van der Waals surface area contributed by atoms with Gasteiger partial charge in [-0.2, -0.15) is 0 Å². The third-order valence-electron chi connectivity index (χ3n) is 4.49. The van der Waals surface area contributed by atoms with Gasteiger partial charge in [0.25, 0.3) is 5.91 Å². The zero-order valence-corrected chi connectivity index (χ0v) is 14.5. The Morgan fingerprint density at radius 2 is 1.96 bits per heavy atom. The van der Waals surface area contributed by atoms with Gasteiger partial charge < -0.3 is 14.4 Å². The highest BCUT2D eigenvalue weighted by atomic mass is 16.6. The van der Waals surface area contributed by atoms with Gasteiger partial charge in [-0.25, -0.2) is 0 Å². The average molecular weight is 356 g/mol. The summed E-state index contributed by atoms with van der Waals surface area (Å²) in [5, 5.41) is 11.0. The molecule has 2 aromatic carbocycles. The Balaban J connectivity index is 1.68. The largest absolute Gasteiger partial charge is 0.497 e. The van der Waals surface area contributed by atoms with E-state index in [4.69, 9.17) is 9.47 Å². The lowest BCUT2D eigenvalue weighted by atomic mass is 10.0. The third-order valence-corrected chi connectivity index (χ3v) is 4.49. The number of benzene rings is 2. The van der Waals surface area contributed by atoms with Crippen LogP contribution in [-0.2, 0) is 4.79 Å². The normalized spacial score (nSPS) is 16.3. The molecule has 1 aliphatic heterocycles. The predicted molar refractivity (Wildman–Crippen MR) is 95.3 cm³/mol. The summed E-state index contributed by atoms with van der Waals surface area (Å²) in [4.78, 5) is 24.9. The molecule has 1 atom stereocenters. The summed E-state index contributed by atoms with van der Waals surface area (Å²) in [5.41, 5.74) is 0.899. The minimum absolute atomic E-state index is 0.0113. The minimum Gasteiger partial charge on any atom is -0.497 e. The van der Waals surface area contributed by atoms with Crippen molar-refractivity contribution in [1.29, 1.82) is 0 Å². The Morgan fingerprint density at radius 3 is 2.65 bits per heavy atom. The highest BCUT2D eigenvalue weighted by Crippen LogP contribution is 2.33. The number of likely N-dealkylation sites (tertiary alicyclic amines) is 1. The lowest BCUT2D eigenvalue weighted by Crippen LogP contribution is -2.34. The van der Waals surface area contributed by atoms with Crippen molar-refractivity contribution in [3.05, 3.63) is 64.2 Å². The second-order valence-electron chi connectivity index (χ2n) is 6.03. The van der Waals surface area contributed by atoms with E-state index >= 15 is 0 Å². The summed E-state index contributed by atoms with van der Waals surface area (Å²) >= 11 is 0. The first-order valence-electron chi connectivity index (χ1n) is 8.40. The molecule has 1 heterocycles. The van der Waals surface area contributed by atoms with Crippen molar-refractivity contribution in [2.75, 3.05) is 20.3 Å². The second kappa shape index (κ2) is 7.86. The molecular weight excluding hydrogens is 336 g/mol. The molecule has 1 unspecified atom stereocenters. The number of carbonyl (C=O) groups excluding carboxylic acids is 1. The molecule has 2 aromatic rings. The highest BCUT2D eigenvalue weighted by Gasteiger charge is 2.30. The van der Waals surface area contributed by atoms with Crippen LogP contribution in [0.15, 0.2) is 48.5 Å². The van der Waals surface area contributed by atoms with Crippen molar-refractivity contribution in [2.24, 2.45) is 0 Å². The number of ether oxygens (including phenoxy) is 2.